The first kappa shape index (κ1) is 16.2. The topological polar surface area (TPSA) is 69.4 Å². The van der Waals surface area contributed by atoms with Crippen molar-refractivity contribution in [3.63, 3.8) is 0 Å². The number of carbonyl (C=O) groups is 2. The number of hydrogen-bond donors (Lipinski definition) is 1. The van der Waals surface area contributed by atoms with Crippen molar-refractivity contribution in [2.24, 2.45) is 5.73 Å². The third-order valence-electron chi connectivity index (χ3n) is 2.98. The molecular weight excluding hydrogens is 254 g/mol. The molecule has 0 aliphatic carbocycles. The molecule has 0 heterocycles. The third kappa shape index (κ3) is 4.68. The molecule has 4 nitrogen and oxygen atoms in total. The molecule has 1 aromatic carbocycles. The Balaban J connectivity index is 2.79. The Labute approximate surface area is 120 Å². The van der Waals surface area contributed by atoms with E-state index >= 15 is 0 Å². The van der Waals surface area contributed by atoms with E-state index < -0.39 is 11.5 Å². The van der Waals surface area contributed by atoms with Crippen LogP contribution in [0, 0.1) is 13.8 Å². The summed E-state index contributed by atoms with van der Waals surface area (Å²) in [6, 6.07) is 3.53. The van der Waals surface area contributed by atoms with Gasteiger partial charge >= 0.3 is 5.97 Å². The Morgan fingerprint density at radius 2 is 1.65 bits per heavy atom. The van der Waals surface area contributed by atoms with Gasteiger partial charge in [0.1, 0.15) is 5.60 Å². The molecule has 1 amide bonds. The molecule has 0 fully saturated rings. The van der Waals surface area contributed by atoms with Gasteiger partial charge in [0.2, 0.25) is 5.91 Å². The number of nitrogens with two attached hydrogens (primary N) is 1. The first-order valence-electron chi connectivity index (χ1n) is 6.72. The fourth-order valence-corrected chi connectivity index (χ4v) is 2.15. The van der Waals surface area contributed by atoms with Gasteiger partial charge in [-0.15, -0.1) is 0 Å². The Morgan fingerprint density at radius 3 is 2.05 bits per heavy atom. The fourth-order valence-electron chi connectivity index (χ4n) is 2.15. The number of rotatable bonds is 4. The minimum Gasteiger partial charge on any atom is -0.460 e. The van der Waals surface area contributed by atoms with Crippen molar-refractivity contribution < 1.29 is 14.3 Å². The second-order valence-electron chi connectivity index (χ2n) is 6.04. The molecule has 0 saturated carbocycles. The number of aryl methyl sites for hydroxylation is 2. The van der Waals surface area contributed by atoms with E-state index in [-0.39, 0.29) is 5.97 Å². The van der Waals surface area contributed by atoms with Crippen LogP contribution < -0.4 is 5.73 Å². The zero-order chi connectivity index (χ0) is 15.5. The molecule has 0 bridgehead atoms. The zero-order valence-electron chi connectivity index (χ0n) is 12.9. The van der Waals surface area contributed by atoms with Crippen LogP contribution in [0.3, 0.4) is 0 Å². The highest BCUT2D eigenvalue weighted by atomic mass is 16.6. The Bertz CT molecular complexity index is 504. The highest BCUT2D eigenvalue weighted by molar-refractivity contribution is 5.93. The third-order valence-corrected chi connectivity index (χ3v) is 2.98. The summed E-state index contributed by atoms with van der Waals surface area (Å²) in [5, 5.41) is 0. The van der Waals surface area contributed by atoms with Crippen molar-refractivity contribution in [2.75, 3.05) is 0 Å². The molecule has 20 heavy (non-hydrogen) atoms. The molecule has 4 heteroatoms. The largest absolute Gasteiger partial charge is 0.460 e. The Kier molecular flexibility index (Phi) is 4.93. The maximum Gasteiger partial charge on any atom is 0.306 e. The van der Waals surface area contributed by atoms with Crippen LogP contribution in [-0.2, 0) is 16.0 Å². The number of benzene rings is 1. The molecule has 1 aromatic rings. The van der Waals surface area contributed by atoms with Crippen LogP contribution in [0.4, 0.5) is 0 Å². The van der Waals surface area contributed by atoms with E-state index in [1.165, 1.54) is 0 Å². The van der Waals surface area contributed by atoms with Gasteiger partial charge in [-0.05, 0) is 69.9 Å². The molecule has 110 valence electrons. The van der Waals surface area contributed by atoms with E-state index in [2.05, 4.69) is 0 Å². The molecule has 0 aliphatic heterocycles. The van der Waals surface area contributed by atoms with Crippen LogP contribution >= 0.6 is 0 Å². The van der Waals surface area contributed by atoms with Crippen LogP contribution in [0.5, 0.6) is 0 Å². The van der Waals surface area contributed by atoms with Gasteiger partial charge in [0.25, 0.3) is 0 Å². The second-order valence-corrected chi connectivity index (χ2v) is 6.04. The lowest BCUT2D eigenvalue weighted by Gasteiger charge is -2.20. The lowest BCUT2D eigenvalue weighted by Crippen LogP contribution is -2.24. The van der Waals surface area contributed by atoms with E-state index in [4.69, 9.17) is 10.5 Å². The number of primary amides is 1. The molecule has 0 radical (unpaired) electrons. The maximum absolute atomic E-state index is 11.7. The molecule has 1 rings (SSSR count). The van der Waals surface area contributed by atoms with E-state index in [9.17, 15) is 9.59 Å². The minimum absolute atomic E-state index is 0.213. The number of carbonyl (C=O) groups excluding carboxylic acids is 2. The Hall–Kier alpha value is -1.84. The summed E-state index contributed by atoms with van der Waals surface area (Å²) in [5.41, 5.74) is 8.34. The molecule has 0 aromatic heterocycles. The monoisotopic (exact) mass is 277 g/mol. The van der Waals surface area contributed by atoms with Crippen molar-refractivity contribution >= 4 is 11.9 Å². The van der Waals surface area contributed by atoms with Crippen molar-refractivity contribution in [1.82, 2.24) is 0 Å². The molecule has 0 unspecified atom stereocenters. The maximum atomic E-state index is 11.7. The number of hydrogen-bond acceptors (Lipinski definition) is 3. The standard InChI is InChI=1S/C16H23NO3/c1-10-8-12(15(17)19)9-11(2)13(10)6-7-14(18)20-16(3,4)5/h8-9H,6-7H2,1-5H3,(H2,17,19). The normalized spacial score (nSPS) is 11.2. The second kappa shape index (κ2) is 6.07. The van der Waals surface area contributed by atoms with Gasteiger partial charge in [-0.2, -0.15) is 0 Å². The summed E-state index contributed by atoms with van der Waals surface area (Å²) < 4.78 is 5.29. The van der Waals surface area contributed by atoms with Crippen LogP contribution in [0.1, 0.15) is 54.2 Å². The Morgan fingerprint density at radius 1 is 1.15 bits per heavy atom. The summed E-state index contributed by atoms with van der Waals surface area (Å²) in [7, 11) is 0. The number of ether oxygens (including phenoxy) is 1. The van der Waals surface area contributed by atoms with E-state index in [1.807, 2.05) is 34.6 Å². The van der Waals surface area contributed by atoms with E-state index in [1.54, 1.807) is 12.1 Å². The predicted octanol–water partition coefficient (Wildman–Crippen LogP) is 2.68. The summed E-state index contributed by atoms with van der Waals surface area (Å²) in [6.45, 7) is 9.39. The SMILES string of the molecule is Cc1cc(C(N)=O)cc(C)c1CCC(=O)OC(C)(C)C. The quantitative estimate of drug-likeness (QED) is 0.860. The van der Waals surface area contributed by atoms with Gasteiger partial charge in [0.05, 0.1) is 0 Å². The zero-order valence-corrected chi connectivity index (χ0v) is 12.9. The first-order valence-corrected chi connectivity index (χ1v) is 6.72. The van der Waals surface area contributed by atoms with Gasteiger partial charge in [0.15, 0.2) is 0 Å². The van der Waals surface area contributed by atoms with Crippen LogP contribution in [-0.4, -0.2) is 17.5 Å². The van der Waals surface area contributed by atoms with Crippen molar-refractivity contribution in [3.05, 3.63) is 34.4 Å². The molecule has 0 aliphatic rings. The first-order chi connectivity index (χ1) is 9.10. The molecule has 0 saturated heterocycles. The van der Waals surface area contributed by atoms with Crippen molar-refractivity contribution in [2.45, 2.75) is 53.1 Å². The van der Waals surface area contributed by atoms with Gasteiger partial charge in [-0.1, -0.05) is 0 Å². The summed E-state index contributed by atoms with van der Waals surface area (Å²) >= 11 is 0. The van der Waals surface area contributed by atoms with E-state index in [0.29, 0.717) is 18.4 Å². The lowest BCUT2D eigenvalue weighted by molar-refractivity contribution is -0.154. The highest BCUT2D eigenvalue weighted by Gasteiger charge is 2.17. The van der Waals surface area contributed by atoms with Crippen LogP contribution in [0.15, 0.2) is 12.1 Å². The summed E-state index contributed by atoms with van der Waals surface area (Å²) in [5.74, 6) is -0.648. The van der Waals surface area contributed by atoms with Gasteiger partial charge in [-0.25, -0.2) is 0 Å². The minimum atomic E-state index is -0.461. The summed E-state index contributed by atoms with van der Waals surface area (Å²) in [4.78, 5) is 22.9. The smallest absolute Gasteiger partial charge is 0.306 e. The van der Waals surface area contributed by atoms with E-state index in [0.717, 1.165) is 16.7 Å². The molecule has 0 spiro atoms. The average Bonchev–Trinajstić information content (AvgIpc) is 2.24. The van der Waals surface area contributed by atoms with Crippen molar-refractivity contribution in [3.8, 4) is 0 Å². The van der Waals surface area contributed by atoms with Crippen LogP contribution in [0.2, 0.25) is 0 Å². The molecule has 0 atom stereocenters. The summed E-state index contributed by atoms with van der Waals surface area (Å²) in [6.07, 6.45) is 0.931. The molecule has 2 N–H and O–H groups in total. The molecular formula is C16H23NO3. The fraction of sp³-hybridized carbons (Fsp3) is 0.500. The number of esters is 1. The van der Waals surface area contributed by atoms with Gasteiger partial charge < -0.3 is 10.5 Å². The highest BCUT2D eigenvalue weighted by Crippen LogP contribution is 2.19. The van der Waals surface area contributed by atoms with Crippen molar-refractivity contribution in [1.29, 1.82) is 0 Å². The average molecular weight is 277 g/mol. The predicted molar refractivity (Wildman–Crippen MR) is 78.6 cm³/mol. The van der Waals surface area contributed by atoms with Gasteiger partial charge in [-0.3, -0.25) is 9.59 Å². The lowest BCUT2D eigenvalue weighted by atomic mass is 9.95. The van der Waals surface area contributed by atoms with Gasteiger partial charge in [0, 0.05) is 12.0 Å². The number of amides is 1. The van der Waals surface area contributed by atoms with Crippen LogP contribution in [0.25, 0.3) is 0 Å².